The molecule has 0 amide bonds. The Bertz CT molecular complexity index is 2850. The molecule has 0 bridgehead atoms. The molecule has 3 heterocycles. The molecule has 2 unspecified atom stereocenters. The van der Waals surface area contributed by atoms with Crippen LogP contribution in [0.1, 0.15) is 53.6 Å². The molecule has 11 rings (SSSR count). The highest BCUT2D eigenvalue weighted by molar-refractivity contribution is 7.19. The molecule has 2 atom stereocenters. The predicted octanol–water partition coefficient (Wildman–Crippen LogP) is 12.9. The van der Waals surface area contributed by atoms with Crippen LogP contribution in [0.2, 0.25) is 0 Å². The molecule has 3 aromatic heterocycles. The van der Waals surface area contributed by atoms with Crippen molar-refractivity contribution < 1.29 is 0 Å². The SMILES string of the molecule is C1=CCCC(c2cc(-c3ccc(-n4c5cc6ccccc6cc5c5c6c7c(sc6ccc54)C4C=CC=CC4C=C7)cc3)nc(C3=CCCC=C3)n2)=C1. The molecule has 0 radical (unpaired) electrons. The quantitative estimate of drug-likeness (QED) is 0.185. The van der Waals surface area contributed by atoms with Gasteiger partial charge in [0, 0.05) is 54.4 Å². The second-order valence-electron chi connectivity index (χ2n) is 14.3. The van der Waals surface area contributed by atoms with Crippen molar-refractivity contribution in [2.75, 3.05) is 0 Å². The molecule has 52 heavy (non-hydrogen) atoms. The molecule has 4 aliphatic rings. The number of thiophene rings is 1. The lowest BCUT2D eigenvalue weighted by Gasteiger charge is -2.24. The van der Waals surface area contributed by atoms with Crippen LogP contribution in [0, 0.1) is 5.92 Å². The molecular weight excluding hydrogens is 651 g/mol. The van der Waals surface area contributed by atoms with Crippen LogP contribution in [0.15, 0.2) is 146 Å². The van der Waals surface area contributed by atoms with Gasteiger partial charge in [0.1, 0.15) is 0 Å². The van der Waals surface area contributed by atoms with E-state index < -0.39 is 0 Å². The van der Waals surface area contributed by atoms with Crippen molar-refractivity contribution in [1.29, 1.82) is 0 Å². The van der Waals surface area contributed by atoms with Gasteiger partial charge in [-0.05, 0) is 90.1 Å². The van der Waals surface area contributed by atoms with E-state index in [4.69, 9.17) is 9.97 Å². The summed E-state index contributed by atoms with van der Waals surface area (Å²) in [7, 11) is 0. The molecule has 4 heteroatoms. The van der Waals surface area contributed by atoms with Gasteiger partial charge in [0.05, 0.1) is 22.4 Å². The van der Waals surface area contributed by atoms with Gasteiger partial charge in [0.2, 0.25) is 0 Å². The van der Waals surface area contributed by atoms with Crippen LogP contribution >= 0.6 is 11.3 Å². The van der Waals surface area contributed by atoms with Gasteiger partial charge in [-0.3, -0.25) is 0 Å². The number of allylic oxidation sites excluding steroid dienone is 13. The van der Waals surface area contributed by atoms with E-state index in [1.807, 2.05) is 11.3 Å². The zero-order chi connectivity index (χ0) is 34.2. The molecule has 0 saturated carbocycles. The Balaban J connectivity index is 1.10. The van der Waals surface area contributed by atoms with Crippen molar-refractivity contribution in [3.63, 3.8) is 0 Å². The summed E-state index contributed by atoms with van der Waals surface area (Å²) >= 11 is 1.97. The summed E-state index contributed by atoms with van der Waals surface area (Å²) in [4.78, 5) is 11.7. The zero-order valence-electron chi connectivity index (χ0n) is 28.7. The average Bonchev–Trinajstić information content (AvgIpc) is 3.76. The third kappa shape index (κ3) is 4.71. The third-order valence-electron chi connectivity index (χ3n) is 11.2. The van der Waals surface area contributed by atoms with Gasteiger partial charge in [-0.1, -0.05) is 109 Å². The molecule has 3 nitrogen and oxygen atoms in total. The van der Waals surface area contributed by atoms with E-state index in [-0.39, 0.29) is 0 Å². The van der Waals surface area contributed by atoms with E-state index in [1.54, 1.807) is 0 Å². The van der Waals surface area contributed by atoms with Gasteiger partial charge in [-0.15, -0.1) is 11.3 Å². The fourth-order valence-corrected chi connectivity index (χ4v) is 10.00. The van der Waals surface area contributed by atoms with Gasteiger partial charge in [0.25, 0.3) is 0 Å². The van der Waals surface area contributed by atoms with Gasteiger partial charge in [0.15, 0.2) is 5.82 Å². The molecule has 0 fully saturated rings. The maximum Gasteiger partial charge on any atom is 0.160 e. The Morgan fingerprint density at radius 3 is 2.40 bits per heavy atom. The Morgan fingerprint density at radius 2 is 1.56 bits per heavy atom. The summed E-state index contributed by atoms with van der Waals surface area (Å²) in [6.07, 6.45) is 31.3. The number of hydrogen-bond donors (Lipinski definition) is 0. The molecule has 4 aromatic carbocycles. The fraction of sp³-hybridized carbons (Fsp3) is 0.125. The number of rotatable bonds is 4. The highest BCUT2D eigenvalue weighted by atomic mass is 32.1. The lowest BCUT2D eigenvalue weighted by Crippen LogP contribution is -2.11. The van der Waals surface area contributed by atoms with E-state index in [1.165, 1.54) is 58.7 Å². The number of nitrogens with zero attached hydrogens (tertiary/aromatic N) is 3. The maximum atomic E-state index is 5.15. The Labute approximate surface area is 306 Å². The zero-order valence-corrected chi connectivity index (χ0v) is 29.5. The highest BCUT2D eigenvalue weighted by Gasteiger charge is 2.29. The van der Waals surface area contributed by atoms with Crippen molar-refractivity contribution in [2.45, 2.75) is 31.6 Å². The lowest BCUT2D eigenvalue weighted by molar-refractivity contribution is 0.705. The molecule has 0 saturated heterocycles. The van der Waals surface area contributed by atoms with Crippen molar-refractivity contribution >= 4 is 71.2 Å². The van der Waals surface area contributed by atoms with Crippen LogP contribution in [-0.2, 0) is 0 Å². The lowest BCUT2D eigenvalue weighted by atomic mass is 9.81. The Morgan fingerprint density at radius 1 is 0.692 bits per heavy atom. The van der Waals surface area contributed by atoms with Crippen LogP contribution in [0.5, 0.6) is 0 Å². The Hall–Kier alpha value is -5.84. The topological polar surface area (TPSA) is 30.7 Å². The van der Waals surface area contributed by atoms with E-state index in [9.17, 15) is 0 Å². The average molecular weight is 686 g/mol. The van der Waals surface area contributed by atoms with Crippen molar-refractivity contribution in [1.82, 2.24) is 14.5 Å². The molecule has 0 spiro atoms. The van der Waals surface area contributed by atoms with Gasteiger partial charge < -0.3 is 4.57 Å². The molecular formula is C48H35N3S. The van der Waals surface area contributed by atoms with Gasteiger partial charge in [-0.2, -0.15) is 0 Å². The van der Waals surface area contributed by atoms with Crippen LogP contribution in [0.25, 0.3) is 76.8 Å². The van der Waals surface area contributed by atoms with Crippen LogP contribution in [-0.4, -0.2) is 14.5 Å². The molecule has 0 N–H and O–H groups in total. The molecule has 4 aliphatic carbocycles. The second-order valence-corrected chi connectivity index (χ2v) is 15.4. The van der Waals surface area contributed by atoms with E-state index >= 15 is 0 Å². The number of hydrogen-bond acceptors (Lipinski definition) is 3. The van der Waals surface area contributed by atoms with Gasteiger partial charge in [-0.25, -0.2) is 9.97 Å². The molecule has 248 valence electrons. The summed E-state index contributed by atoms with van der Waals surface area (Å²) < 4.78 is 3.83. The first-order valence-corrected chi connectivity index (χ1v) is 19.3. The van der Waals surface area contributed by atoms with Crippen LogP contribution in [0.4, 0.5) is 0 Å². The normalized spacial score (nSPS) is 19.1. The maximum absolute atomic E-state index is 5.15. The minimum atomic E-state index is 0.401. The van der Waals surface area contributed by atoms with Crippen LogP contribution in [0.3, 0.4) is 0 Å². The number of fused-ring (bicyclic) bond motifs is 10. The van der Waals surface area contributed by atoms with Crippen molar-refractivity contribution in [2.24, 2.45) is 5.92 Å². The summed E-state index contributed by atoms with van der Waals surface area (Å²) in [5, 5.41) is 6.53. The molecule has 0 aliphatic heterocycles. The first-order valence-electron chi connectivity index (χ1n) is 18.5. The highest BCUT2D eigenvalue weighted by Crippen LogP contribution is 2.49. The first-order chi connectivity index (χ1) is 25.8. The smallest absolute Gasteiger partial charge is 0.160 e. The summed E-state index contributed by atoms with van der Waals surface area (Å²) in [5.74, 6) is 1.64. The minimum Gasteiger partial charge on any atom is -0.309 e. The summed E-state index contributed by atoms with van der Waals surface area (Å²) in [5.41, 5.74) is 10.4. The van der Waals surface area contributed by atoms with E-state index in [2.05, 4.69) is 156 Å². The third-order valence-corrected chi connectivity index (χ3v) is 12.5. The summed E-state index contributed by atoms with van der Waals surface area (Å²) in [6.45, 7) is 0. The van der Waals surface area contributed by atoms with Crippen molar-refractivity contribution in [3.8, 4) is 16.9 Å². The second kappa shape index (κ2) is 11.9. The van der Waals surface area contributed by atoms with Crippen LogP contribution < -0.4 is 0 Å². The summed E-state index contributed by atoms with van der Waals surface area (Å²) in [6, 6.07) is 29.4. The van der Waals surface area contributed by atoms with Crippen molar-refractivity contribution in [3.05, 3.63) is 168 Å². The molecule has 7 aromatic rings. The van der Waals surface area contributed by atoms with E-state index in [0.717, 1.165) is 59.7 Å². The number of benzene rings is 4. The first kappa shape index (κ1) is 29.8. The Kier molecular flexibility index (Phi) is 6.81. The minimum absolute atomic E-state index is 0.401. The standard InChI is InChI=1S/C48H35N3S/c1-3-12-31(13-4-1)40-29-41(50-48(49-40)33-14-5-2-6-15-33)32-19-22-36(23-20-32)51-42-25-26-44-46(38-24-21-30-11-9-10-18-37(30)47(38)52-44)45(42)39-27-34-16-7-8-17-35(34)28-43(39)51/h1,3,5,7-12,14-30,37H,2,4,6,13H2. The predicted molar refractivity (Wildman–Crippen MR) is 221 cm³/mol. The van der Waals surface area contributed by atoms with Gasteiger partial charge >= 0.3 is 0 Å². The fourth-order valence-electron chi connectivity index (χ4n) is 8.66. The van der Waals surface area contributed by atoms with E-state index in [0.29, 0.717) is 11.8 Å². The monoisotopic (exact) mass is 685 g/mol. The number of aromatic nitrogens is 3. The largest absolute Gasteiger partial charge is 0.309 e.